The van der Waals surface area contributed by atoms with Crippen molar-refractivity contribution in [1.29, 1.82) is 0 Å². The van der Waals surface area contributed by atoms with Gasteiger partial charge in [-0.2, -0.15) is 0 Å². The van der Waals surface area contributed by atoms with E-state index in [9.17, 15) is 10.2 Å². The molecule has 4 nitrogen and oxygen atoms in total. The van der Waals surface area contributed by atoms with Crippen LogP contribution in [0.4, 0.5) is 0 Å². The molecule has 2 N–H and O–H groups in total. The van der Waals surface area contributed by atoms with Crippen LogP contribution in [0, 0.1) is 0 Å². The molecule has 0 saturated carbocycles. The Bertz CT molecular complexity index is 1270. The predicted octanol–water partition coefficient (Wildman–Crippen LogP) is 8.35. The summed E-state index contributed by atoms with van der Waals surface area (Å²) in [7, 11) is 0. The molecule has 0 unspecified atom stereocenters. The zero-order valence-electron chi connectivity index (χ0n) is 25.6. The maximum Gasteiger partial charge on any atom is 0.133 e. The van der Waals surface area contributed by atoms with Gasteiger partial charge in [0.2, 0.25) is 0 Å². The van der Waals surface area contributed by atoms with E-state index >= 15 is 0 Å². The van der Waals surface area contributed by atoms with Crippen molar-refractivity contribution >= 4 is 11.8 Å². The molecule has 2 aromatic carbocycles. The highest BCUT2D eigenvalue weighted by Crippen LogP contribution is 2.40. The molecule has 0 aliphatic carbocycles. The summed E-state index contributed by atoms with van der Waals surface area (Å²) in [6.45, 7) is 21.6. The van der Waals surface area contributed by atoms with E-state index in [1.807, 2.05) is 24.6 Å². The lowest BCUT2D eigenvalue weighted by molar-refractivity contribution is 0.250. The molecule has 1 heterocycles. The van der Waals surface area contributed by atoms with Crippen molar-refractivity contribution in [2.24, 2.45) is 0 Å². The first kappa shape index (κ1) is 31.0. The zero-order chi connectivity index (χ0) is 29.2. The lowest BCUT2D eigenvalue weighted by Crippen LogP contribution is -2.27. The minimum Gasteiger partial charge on any atom is -0.507 e. The van der Waals surface area contributed by atoms with Crippen molar-refractivity contribution in [3.8, 4) is 11.5 Å². The van der Waals surface area contributed by atoms with E-state index in [0.29, 0.717) is 24.6 Å². The Hall–Kier alpha value is -2.50. The molecular weight excluding hydrogens is 500 g/mol. The molecule has 3 rings (SSSR count). The third kappa shape index (κ3) is 8.02. The largest absolute Gasteiger partial charge is 0.507 e. The Morgan fingerprint density at radius 1 is 0.744 bits per heavy atom. The first-order chi connectivity index (χ1) is 18.0. The summed E-state index contributed by atoms with van der Waals surface area (Å²) in [5, 5.41) is 22.7. The van der Waals surface area contributed by atoms with Gasteiger partial charge >= 0.3 is 0 Å². The van der Waals surface area contributed by atoms with Crippen LogP contribution < -0.4 is 0 Å². The lowest BCUT2D eigenvalue weighted by atomic mass is 9.79. The lowest BCUT2D eigenvalue weighted by Gasteiger charge is -2.30. The van der Waals surface area contributed by atoms with Crippen molar-refractivity contribution in [2.75, 3.05) is 12.8 Å². The molecule has 0 atom stereocenters. The van der Waals surface area contributed by atoms with E-state index in [0.717, 1.165) is 40.2 Å². The highest BCUT2D eigenvalue weighted by molar-refractivity contribution is 7.98. The van der Waals surface area contributed by atoms with Gasteiger partial charge in [-0.3, -0.25) is 9.88 Å². The van der Waals surface area contributed by atoms with Crippen LogP contribution in [0.5, 0.6) is 11.5 Å². The van der Waals surface area contributed by atoms with E-state index in [4.69, 9.17) is 0 Å². The summed E-state index contributed by atoms with van der Waals surface area (Å²) in [5.74, 6) is 0.720. The number of benzene rings is 2. The second-order valence-electron chi connectivity index (χ2n) is 13.7. The van der Waals surface area contributed by atoms with Crippen LogP contribution in [-0.2, 0) is 35.8 Å². The molecule has 5 heteroatoms. The van der Waals surface area contributed by atoms with Gasteiger partial charge in [-0.05, 0) is 57.4 Å². The first-order valence-electron chi connectivity index (χ1n) is 13.9. The number of phenols is 2. The second-order valence-corrected chi connectivity index (χ2v) is 14.6. The van der Waals surface area contributed by atoms with Crippen molar-refractivity contribution in [2.45, 2.75) is 103 Å². The average molecular weight is 549 g/mol. The molecule has 0 radical (unpaired) electrons. The third-order valence-corrected chi connectivity index (χ3v) is 8.05. The van der Waals surface area contributed by atoms with E-state index in [2.05, 4.69) is 103 Å². The monoisotopic (exact) mass is 548 g/mol. The molecule has 1 aromatic heterocycles. The van der Waals surface area contributed by atoms with Crippen molar-refractivity contribution in [3.05, 3.63) is 82.2 Å². The predicted molar refractivity (Wildman–Crippen MR) is 166 cm³/mol. The van der Waals surface area contributed by atoms with Crippen LogP contribution in [0.15, 0.2) is 53.6 Å². The normalized spacial score (nSPS) is 12.8. The summed E-state index contributed by atoms with van der Waals surface area (Å²) in [4.78, 5) is 7.76. The summed E-state index contributed by atoms with van der Waals surface area (Å²) < 4.78 is 0. The molecule has 0 amide bonds. The van der Waals surface area contributed by atoms with Gasteiger partial charge < -0.3 is 10.2 Å². The maximum absolute atomic E-state index is 11.5. The number of aromatic nitrogens is 1. The summed E-state index contributed by atoms with van der Waals surface area (Å²) in [6, 6.07) is 14.6. The minimum absolute atomic E-state index is 0.0351. The van der Waals surface area contributed by atoms with Gasteiger partial charge in [-0.15, -0.1) is 11.8 Å². The molecule has 0 bridgehead atoms. The zero-order valence-corrected chi connectivity index (χ0v) is 26.5. The summed E-state index contributed by atoms with van der Waals surface area (Å²) in [6.07, 6.45) is 4.62. The first-order valence-corrected chi connectivity index (χ1v) is 15.1. The Kier molecular flexibility index (Phi) is 9.50. The topological polar surface area (TPSA) is 56.6 Å². The number of thioether (sulfide) groups is 1. The van der Waals surface area contributed by atoms with Gasteiger partial charge in [0.15, 0.2) is 0 Å². The van der Waals surface area contributed by atoms with Crippen molar-refractivity contribution < 1.29 is 10.2 Å². The fourth-order valence-corrected chi connectivity index (χ4v) is 5.28. The number of aromatic hydroxyl groups is 2. The molecule has 0 fully saturated rings. The number of phenolic OH excluding ortho intramolecular Hbond substituents is 2. The number of pyridine rings is 1. The van der Waals surface area contributed by atoms with Crippen LogP contribution in [0.3, 0.4) is 0 Å². The van der Waals surface area contributed by atoms with Gasteiger partial charge in [0.25, 0.3) is 0 Å². The van der Waals surface area contributed by atoms with E-state index in [1.54, 1.807) is 11.8 Å². The van der Waals surface area contributed by atoms with Gasteiger partial charge in [0.05, 0.1) is 0 Å². The summed E-state index contributed by atoms with van der Waals surface area (Å²) >= 11 is 1.57. The number of hydrogen-bond acceptors (Lipinski definition) is 5. The maximum atomic E-state index is 11.5. The highest BCUT2D eigenvalue weighted by atomic mass is 32.2. The molecule has 39 heavy (non-hydrogen) atoms. The Labute approximate surface area is 240 Å². The smallest absolute Gasteiger partial charge is 0.133 e. The van der Waals surface area contributed by atoms with E-state index in [-0.39, 0.29) is 16.2 Å². The van der Waals surface area contributed by atoms with E-state index in [1.165, 1.54) is 11.1 Å². The van der Waals surface area contributed by atoms with Crippen molar-refractivity contribution in [1.82, 2.24) is 9.88 Å². The molecule has 0 saturated heterocycles. The number of hydrogen-bond donors (Lipinski definition) is 2. The Balaban J connectivity index is 2.08. The number of nitrogens with zero attached hydrogens (tertiary/aromatic N) is 2. The Morgan fingerprint density at radius 3 is 1.79 bits per heavy atom. The molecule has 0 aliphatic rings. The van der Waals surface area contributed by atoms with Crippen LogP contribution >= 0.6 is 11.8 Å². The van der Waals surface area contributed by atoms with Crippen LogP contribution in [-0.4, -0.2) is 32.9 Å². The fourth-order valence-electron chi connectivity index (χ4n) is 4.71. The second kappa shape index (κ2) is 11.9. The third-order valence-electron chi connectivity index (χ3n) is 7.30. The van der Waals surface area contributed by atoms with Gasteiger partial charge in [0.1, 0.15) is 11.5 Å². The van der Waals surface area contributed by atoms with Gasteiger partial charge in [-0.25, -0.2) is 0 Å². The highest BCUT2D eigenvalue weighted by Gasteiger charge is 2.26. The van der Waals surface area contributed by atoms with Crippen molar-refractivity contribution in [3.63, 3.8) is 0 Å². The van der Waals surface area contributed by atoms with Crippen LogP contribution in [0.2, 0.25) is 0 Å². The van der Waals surface area contributed by atoms with Crippen LogP contribution in [0.25, 0.3) is 0 Å². The number of rotatable bonds is 8. The molecular formula is C34H48N2O2S. The van der Waals surface area contributed by atoms with E-state index < -0.39 is 0 Å². The summed E-state index contributed by atoms with van der Waals surface area (Å²) in [5.41, 5.74) is 5.98. The SMILES string of the molecule is CSc1cc(C(C)(C)C)cc(CN(CCc2ccccn2)Cc2cc(C(C)(C)C)cc(C(C)(C)C)c2O)c1O. The van der Waals surface area contributed by atoms with Gasteiger partial charge in [-0.1, -0.05) is 86.6 Å². The standard InChI is InChI=1S/C34H48N2O2S/c1-32(2,3)25-17-23(30(37)28(19-25)34(7,8)9)21-36(16-14-27-13-11-12-15-35-27)22-24-18-26(33(4,5)6)20-29(39-10)31(24)38/h11-13,15,17-20,37-38H,14,16,21-22H2,1-10H3. The quantitative estimate of drug-likeness (QED) is 0.277. The molecule has 212 valence electrons. The average Bonchev–Trinajstić information content (AvgIpc) is 2.83. The van der Waals surface area contributed by atoms with Crippen LogP contribution in [0.1, 0.15) is 95.8 Å². The van der Waals surface area contributed by atoms with Gasteiger partial charge in [0, 0.05) is 54.0 Å². The minimum atomic E-state index is -0.189. The molecule has 0 aliphatic heterocycles. The molecule has 0 spiro atoms. The Morgan fingerprint density at radius 2 is 1.31 bits per heavy atom. The molecule has 3 aromatic rings. The fraction of sp³-hybridized carbons (Fsp3) is 0.500.